The minimum absolute atomic E-state index is 0.0812. The molecule has 2 saturated heterocycles. The molecule has 5 nitrogen and oxygen atoms in total. The second-order valence-corrected chi connectivity index (χ2v) is 9.01. The fraction of sp³-hybridized carbons (Fsp3) is 0.560. The first-order chi connectivity index (χ1) is 14.6. The third-order valence-corrected chi connectivity index (χ3v) is 6.96. The zero-order valence-electron chi connectivity index (χ0n) is 18.2. The van der Waals surface area contributed by atoms with E-state index in [1.807, 2.05) is 7.05 Å². The van der Waals surface area contributed by atoms with E-state index in [0.717, 1.165) is 57.0 Å². The molecule has 1 aromatic heterocycles. The number of hydrogen-bond donors (Lipinski definition) is 1. The van der Waals surface area contributed by atoms with Crippen LogP contribution in [0.5, 0.6) is 5.75 Å². The summed E-state index contributed by atoms with van der Waals surface area (Å²) in [6, 6.07) is 12.4. The minimum atomic E-state index is -0.243. The molecule has 0 radical (unpaired) electrons. The smallest absolute Gasteiger partial charge is 0.223 e. The van der Waals surface area contributed by atoms with Crippen LogP contribution in [0.4, 0.5) is 0 Å². The second-order valence-electron chi connectivity index (χ2n) is 9.01. The molecule has 162 valence electrons. The van der Waals surface area contributed by atoms with E-state index in [4.69, 9.17) is 0 Å². The van der Waals surface area contributed by atoms with Gasteiger partial charge in [0, 0.05) is 31.9 Å². The lowest BCUT2D eigenvalue weighted by molar-refractivity contribution is 0.196. The van der Waals surface area contributed by atoms with Gasteiger partial charge in [0.25, 0.3) is 0 Å². The van der Waals surface area contributed by atoms with Crippen LogP contribution in [0.25, 0.3) is 0 Å². The molecule has 0 aliphatic carbocycles. The van der Waals surface area contributed by atoms with E-state index in [2.05, 4.69) is 44.7 Å². The number of pyridine rings is 1. The summed E-state index contributed by atoms with van der Waals surface area (Å²) in [4.78, 5) is 17.3. The number of piperidine rings is 1. The SMILES string of the molecule is Cn1c(CN2CCCCCC2)cc(=O)c(O)c1CN1CCC(c2ccccc2)CC1. The Morgan fingerprint density at radius 2 is 1.53 bits per heavy atom. The molecule has 1 N–H and O–H groups in total. The molecule has 2 aliphatic heterocycles. The average Bonchev–Trinajstić information content (AvgIpc) is 3.05. The predicted octanol–water partition coefficient (Wildman–Crippen LogP) is 3.85. The lowest BCUT2D eigenvalue weighted by Crippen LogP contribution is -2.34. The maximum absolute atomic E-state index is 12.5. The Morgan fingerprint density at radius 1 is 0.900 bits per heavy atom. The highest BCUT2D eigenvalue weighted by atomic mass is 16.3. The Kier molecular flexibility index (Phi) is 6.90. The van der Waals surface area contributed by atoms with Crippen molar-refractivity contribution >= 4 is 0 Å². The number of likely N-dealkylation sites (tertiary alicyclic amines) is 2. The molecule has 3 heterocycles. The summed E-state index contributed by atoms with van der Waals surface area (Å²) < 4.78 is 2.06. The van der Waals surface area contributed by atoms with Gasteiger partial charge in [0.2, 0.25) is 5.43 Å². The zero-order chi connectivity index (χ0) is 20.9. The molecule has 0 unspecified atom stereocenters. The van der Waals surface area contributed by atoms with Crippen LogP contribution < -0.4 is 5.43 Å². The topological polar surface area (TPSA) is 48.7 Å². The van der Waals surface area contributed by atoms with Crippen molar-refractivity contribution in [3.8, 4) is 5.75 Å². The number of aromatic nitrogens is 1. The summed E-state index contributed by atoms with van der Waals surface area (Å²) >= 11 is 0. The third-order valence-electron chi connectivity index (χ3n) is 6.96. The molecule has 1 aromatic carbocycles. The Hall–Kier alpha value is -2.11. The minimum Gasteiger partial charge on any atom is -0.503 e. The summed E-state index contributed by atoms with van der Waals surface area (Å²) in [7, 11) is 2.00. The first-order valence-electron chi connectivity index (χ1n) is 11.5. The van der Waals surface area contributed by atoms with Gasteiger partial charge in [0.1, 0.15) is 0 Å². The van der Waals surface area contributed by atoms with Crippen LogP contribution in [-0.4, -0.2) is 45.7 Å². The average molecular weight is 410 g/mol. The molecular weight excluding hydrogens is 374 g/mol. The second kappa shape index (κ2) is 9.80. The first kappa shape index (κ1) is 21.1. The van der Waals surface area contributed by atoms with E-state index >= 15 is 0 Å². The molecule has 2 aliphatic rings. The van der Waals surface area contributed by atoms with Crippen molar-refractivity contribution in [2.45, 2.75) is 57.5 Å². The van der Waals surface area contributed by atoms with Crippen molar-refractivity contribution in [2.75, 3.05) is 26.2 Å². The maximum Gasteiger partial charge on any atom is 0.223 e. The lowest BCUT2D eigenvalue weighted by atomic mass is 9.89. The van der Waals surface area contributed by atoms with E-state index in [9.17, 15) is 9.90 Å². The molecular formula is C25H35N3O2. The van der Waals surface area contributed by atoms with E-state index in [-0.39, 0.29) is 11.2 Å². The maximum atomic E-state index is 12.5. The monoisotopic (exact) mass is 409 g/mol. The normalized spacial score (nSPS) is 19.6. The van der Waals surface area contributed by atoms with E-state index < -0.39 is 0 Å². The Labute approximate surface area is 179 Å². The molecule has 4 rings (SSSR count). The van der Waals surface area contributed by atoms with Gasteiger partial charge in [-0.15, -0.1) is 0 Å². The van der Waals surface area contributed by atoms with Crippen molar-refractivity contribution < 1.29 is 5.11 Å². The largest absolute Gasteiger partial charge is 0.503 e. The Bertz CT molecular complexity index is 877. The highest BCUT2D eigenvalue weighted by molar-refractivity contribution is 5.30. The number of nitrogens with zero attached hydrogens (tertiary/aromatic N) is 3. The van der Waals surface area contributed by atoms with Crippen LogP contribution in [0.15, 0.2) is 41.2 Å². The summed E-state index contributed by atoms with van der Waals surface area (Å²) in [6.07, 6.45) is 7.30. The van der Waals surface area contributed by atoms with Gasteiger partial charge in [0.15, 0.2) is 5.75 Å². The van der Waals surface area contributed by atoms with Gasteiger partial charge in [-0.1, -0.05) is 43.2 Å². The van der Waals surface area contributed by atoms with Crippen molar-refractivity contribution in [3.05, 3.63) is 63.6 Å². The van der Waals surface area contributed by atoms with E-state index in [1.54, 1.807) is 6.07 Å². The van der Waals surface area contributed by atoms with Gasteiger partial charge >= 0.3 is 0 Å². The fourth-order valence-electron chi connectivity index (χ4n) is 5.01. The lowest BCUT2D eigenvalue weighted by Gasteiger charge is -2.33. The van der Waals surface area contributed by atoms with Gasteiger partial charge in [-0.2, -0.15) is 0 Å². The molecule has 2 aromatic rings. The van der Waals surface area contributed by atoms with Gasteiger partial charge < -0.3 is 9.67 Å². The van der Waals surface area contributed by atoms with Crippen LogP contribution in [-0.2, 0) is 20.1 Å². The molecule has 0 spiro atoms. The highest BCUT2D eigenvalue weighted by Gasteiger charge is 2.23. The van der Waals surface area contributed by atoms with Crippen LogP contribution in [0.3, 0.4) is 0 Å². The van der Waals surface area contributed by atoms with Gasteiger partial charge in [-0.25, -0.2) is 0 Å². The Balaban J connectivity index is 1.45. The molecule has 2 fully saturated rings. The molecule has 0 bridgehead atoms. The van der Waals surface area contributed by atoms with Crippen molar-refractivity contribution in [1.82, 2.24) is 14.4 Å². The molecule has 5 heteroatoms. The quantitative estimate of drug-likeness (QED) is 0.815. The number of aromatic hydroxyl groups is 1. The summed E-state index contributed by atoms with van der Waals surface area (Å²) in [5, 5.41) is 10.5. The van der Waals surface area contributed by atoms with Gasteiger partial charge in [0.05, 0.1) is 5.69 Å². The number of hydrogen-bond acceptors (Lipinski definition) is 4. The Morgan fingerprint density at radius 3 is 2.20 bits per heavy atom. The van der Waals surface area contributed by atoms with Crippen LogP contribution in [0.1, 0.15) is 61.4 Å². The molecule has 0 amide bonds. The summed E-state index contributed by atoms with van der Waals surface area (Å²) in [5.74, 6) is 0.525. The predicted molar refractivity (Wildman–Crippen MR) is 121 cm³/mol. The summed E-state index contributed by atoms with van der Waals surface area (Å²) in [5.41, 5.74) is 2.94. The summed E-state index contributed by atoms with van der Waals surface area (Å²) in [6.45, 7) is 5.59. The van der Waals surface area contributed by atoms with E-state index in [0.29, 0.717) is 12.5 Å². The number of benzene rings is 1. The highest BCUT2D eigenvalue weighted by Crippen LogP contribution is 2.29. The first-order valence-corrected chi connectivity index (χ1v) is 11.5. The van der Waals surface area contributed by atoms with Crippen LogP contribution in [0, 0.1) is 0 Å². The van der Waals surface area contributed by atoms with Gasteiger partial charge in [-0.3, -0.25) is 14.6 Å². The number of rotatable bonds is 5. The van der Waals surface area contributed by atoms with Crippen LogP contribution in [0.2, 0.25) is 0 Å². The van der Waals surface area contributed by atoms with Crippen molar-refractivity contribution in [1.29, 1.82) is 0 Å². The third kappa shape index (κ3) is 4.96. The van der Waals surface area contributed by atoms with Crippen LogP contribution >= 0.6 is 0 Å². The zero-order valence-corrected chi connectivity index (χ0v) is 18.2. The van der Waals surface area contributed by atoms with Crippen molar-refractivity contribution in [3.63, 3.8) is 0 Å². The molecule has 0 saturated carbocycles. The standard InChI is InChI=1S/C25H35N3O2/c1-26-22(18-27-13-7-2-3-8-14-27)17-24(29)25(30)23(26)19-28-15-11-21(12-16-28)20-9-5-4-6-10-20/h4-6,9-10,17,21,30H,2-3,7-8,11-16,18-19H2,1H3. The molecule has 30 heavy (non-hydrogen) atoms. The molecule has 0 atom stereocenters. The van der Waals surface area contributed by atoms with Crippen molar-refractivity contribution in [2.24, 2.45) is 7.05 Å². The van der Waals surface area contributed by atoms with Gasteiger partial charge in [-0.05, 0) is 63.3 Å². The fourth-order valence-corrected chi connectivity index (χ4v) is 5.01. The van der Waals surface area contributed by atoms with E-state index in [1.165, 1.54) is 31.2 Å².